The van der Waals surface area contributed by atoms with E-state index in [1.165, 1.54) is 11.3 Å². The maximum atomic E-state index is 13.7. The third-order valence-electron chi connectivity index (χ3n) is 5.69. The van der Waals surface area contributed by atoms with Crippen molar-refractivity contribution in [1.82, 2.24) is 14.8 Å². The molecule has 0 unspecified atom stereocenters. The van der Waals surface area contributed by atoms with Crippen LogP contribution in [0, 0.1) is 13.8 Å². The summed E-state index contributed by atoms with van der Waals surface area (Å²) in [7, 11) is 1.64. The largest absolute Gasteiger partial charge is 0.385 e. The zero-order valence-corrected chi connectivity index (χ0v) is 24.6. The second-order valence-corrected chi connectivity index (χ2v) is 12.7. The van der Waals surface area contributed by atoms with Gasteiger partial charge in [0, 0.05) is 36.5 Å². The van der Waals surface area contributed by atoms with Crippen molar-refractivity contribution in [3.05, 3.63) is 69.5 Å². The molecule has 0 aliphatic carbocycles. The molecule has 0 aliphatic rings. The molecule has 4 rings (SSSR count). The number of carbonyl (C=O) groups excluding carboxylic acids is 1. The standard InChI is InChI=1S/C28H29Cl2N3O2S2/c1-16(2)36-27-25(20-11-12-21(29)22(30)15-20)31-28(37-27)33-26(23(34)10-7-13-35-5)24(18(4)32-33)19-9-6-8-17(3)14-19/h6,8-9,11-12,14-16H,7,10,13H2,1-5H3. The lowest BCUT2D eigenvalue weighted by Gasteiger charge is -2.08. The summed E-state index contributed by atoms with van der Waals surface area (Å²) in [4.78, 5) is 18.7. The summed E-state index contributed by atoms with van der Waals surface area (Å²) in [5, 5.41) is 6.80. The molecule has 9 heteroatoms. The van der Waals surface area contributed by atoms with Crippen LogP contribution in [0.1, 0.15) is 48.4 Å². The summed E-state index contributed by atoms with van der Waals surface area (Å²) >= 11 is 15.8. The van der Waals surface area contributed by atoms with E-state index < -0.39 is 0 Å². The van der Waals surface area contributed by atoms with Crippen LogP contribution in [0.3, 0.4) is 0 Å². The van der Waals surface area contributed by atoms with Crippen molar-refractivity contribution in [2.75, 3.05) is 13.7 Å². The van der Waals surface area contributed by atoms with E-state index in [1.54, 1.807) is 29.6 Å². The lowest BCUT2D eigenvalue weighted by atomic mass is 9.98. The molecule has 5 nitrogen and oxygen atoms in total. The Morgan fingerprint density at radius 1 is 1.11 bits per heavy atom. The summed E-state index contributed by atoms with van der Waals surface area (Å²) < 4.78 is 7.95. The van der Waals surface area contributed by atoms with Gasteiger partial charge >= 0.3 is 0 Å². The number of benzene rings is 2. The smallest absolute Gasteiger partial charge is 0.212 e. The molecule has 0 saturated heterocycles. The zero-order chi connectivity index (χ0) is 26.7. The Balaban J connectivity index is 1.90. The third kappa shape index (κ3) is 6.29. The van der Waals surface area contributed by atoms with Gasteiger partial charge in [-0.05, 0) is 38.0 Å². The van der Waals surface area contributed by atoms with Gasteiger partial charge in [0.05, 0.1) is 25.6 Å². The molecule has 0 fully saturated rings. The average Bonchev–Trinajstić information content (AvgIpc) is 3.41. The highest BCUT2D eigenvalue weighted by Crippen LogP contribution is 2.42. The fraction of sp³-hybridized carbons (Fsp3) is 0.321. The van der Waals surface area contributed by atoms with Crippen molar-refractivity contribution >= 4 is 52.1 Å². The van der Waals surface area contributed by atoms with Crippen LogP contribution in [-0.2, 0) is 4.74 Å². The van der Waals surface area contributed by atoms with Crippen molar-refractivity contribution in [2.24, 2.45) is 0 Å². The number of Topliss-reactive ketones (excluding diaryl/α,β-unsaturated/α-hetero) is 1. The molecule has 0 bridgehead atoms. The highest BCUT2D eigenvalue weighted by Gasteiger charge is 2.27. The van der Waals surface area contributed by atoms with Gasteiger partial charge in [0.25, 0.3) is 0 Å². The van der Waals surface area contributed by atoms with E-state index in [4.69, 9.17) is 38.0 Å². The van der Waals surface area contributed by atoms with Crippen molar-refractivity contribution in [2.45, 2.75) is 50.0 Å². The Morgan fingerprint density at radius 2 is 1.89 bits per heavy atom. The molecule has 0 aliphatic heterocycles. The summed E-state index contributed by atoms with van der Waals surface area (Å²) in [5.41, 5.74) is 5.94. The number of hydrogen-bond acceptors (Lipinski definition) is 6. The van der Waals surface area contributed by atoms with Gasteiger partial charge < -0.3 is 4.74 Å². The van der Waals surface area contributed by atoms with Gasteiger partial charge in [-0.1, -0.05) is 84.3 Å². The molecule has 194 valence electrons. The van der Waals surface area contributed by atoms with Crippen LogP contribution >= 0.6 is 46.3 Å². The van der Waals surface area contributed by atoms with Crippen molar-refractivity contribution in [1.29, 1.82) is 0 Å². The highest BCUT2D eigenvalue weighted by molar-refractivity contribution is 8.01. The van der Waals surface area contributed by atoms with Crippen LogP contribution in [0.25, 0.3) is 27.5 Å². The number of halogens is 2. The van der Waals surface area contributed by atoms with Crippen LogP contribution < -0.4 is 0 Å². The highest BCUT2D eigenvalue weighted by atomic mass is 35.5. The minimum Gasteiger partial charge on any atom is -0.385 e. The topological polar surface area (TPSA) is 57.0 Å². The summed E-state index contributed by atoms with van der Waals surface area (Å²) in [6, 6.07) is 13.7. The second kappa shape index (κ2) is 12.1. The van der Waals surface area contributed by atoms with Crippen LogP contribution in [0.4, 0.5) is 0 Å². The van der Waals surface area contributed by atoms with Gasteiger partial charge in [-0.15, -0.1) is 11.8 Å². The van der Waals surface area contributed by atoms with E-state index in [0.717, 1.165) is 37.9 Å². The number of ketones is 1. The van der Waals surface area contributed by atoms with Gasteiger partial charge in [-0.25, -0.2) is 9.67 Å². The number of hydrogen-bond donors (Lipinski definition) is 0. The Labute approximate surface area is 236 Å². The normalized spacial score (nSPS) is 11.5. The Bertz CT molecular complexity index is 1430. The predicted octanol–water partition coefficient (Wildman–Crippen LogP) is 8.70. The summed E-state index contributed by atoms with van der Waals surface area (Å²) in [6.45, 7) is 8.79. The second-order valence-electron chi connectivity index (χ2n) is 9.04. The number of nitrogens with zero attached hydrogens (tertiary/aromatic N) is 3. The van der Waals surface area contributed by atoms with Crippen molar-refractivity contribution < 1.29 is 9.53 Å². The minimum absolute atomic E-state index is 0.0125. The van der Waals surface area contributed by atoms with Crippen LogP contribution in [0.5, 0.6) is 0 Å². The molecule has 0 radical (unpaired) electrons. The van der Waals surface area contributed by atoms with E-state index >= 15 is 0 Å². The molecule has 2 heterocycles. The first-order chi connectivity index (χ1) is 17.7. The molecule has 4 aromatic rings. The van der Waals surface area contributed by atoms with E-state index in [0.29, 0.717) is 45.6 Å². The minimum atomic E-state index is 0.0125. The fourth-order valence-corrected chi connectivity index (χ4v) is 6.85. The van der Waals surface area contributed by atoms with Gasteiger partial charge in [0.15, 0.2) is 5.78 Å². The molecule has 0 spiro atoms. The number of rotatable bonds is 10. The lowest BCUT2D eigenvalue weighted by molar-refractivity contribution is 0.0956. The molecule has 2 aromatic heterocycles. The number of ether oxygens (including phenoxy) is 1. The Kier molecular flexibility index (Phi) is 9.14. The monoisotopic (exact) mass is 573 g/mol. The number of aromatic nitrogens is 3. The van der Waals surface area contributed by atoms with E-state index in [1.807, 2.05) is 44.2 Å². The quantitative estimate of drug-likeness (QED) is 0.108. The molecular formula is C28H29Cl2N3O2S2. The maximum Gasteiger partial charge on any atom is 0.212 e. The fourth-order valence-electron chi connectivity index (χ4n) is 4.07. The number of carbonyl (C=O) groups is 1. The first kappa shape index (κ1) is 27.9. The number of thioether (sulfide) groups is 1. The average molecular weight is 575 g/mol. The van der Waals surface area contributed by atoms with Crippen molar-refractivity contribution in [3.63, 3.8) is 0 Å². The first-order valence-electron chi connectivity index (χ1n) is 12.0. The van der Waals surface area contributed by atoms with Gasteiger partial charge in [0.2, 0.25) is 5.13 Å². The van der Waals surface area contributed by atoms with E-state index in [9.17, 15) is 4.79 Å². The zero-order valence-electron chi connectivity index (χ0n) is 21.5. The van der Waals surface area contributed by atoms with Crippen LogP contribution in [0.2, 0.25) is 10.0 Å². The van der Waals surface area contributed by atoms with Crippen molar-refractivity contribution in [3.8, 4) is 27.5 Å². The van der Waals surface area contributed by atoms with Gasteiger partial charge in [-0.2, -0.15) is 5.10 Å². The molecule has 0 amide bonds. The number of aryl methyl sites for hydroxylation is 2. The number of methoxy groups -OCH3 is 1. The van der Waals surface area contributed by atoms with E-state index in [2.05, 4.69) is 19.9 Å². The Morgan fingerprint density at radius 3 is 2.57 bits per heavy atom. The number of thiazole rings is 1. The van der Waals surface area contributed by atoms with Gasteiger partial charge in [-0.3, -0.25) is 4.79 Å². The van der Waals surface area contributed by atoms with E-state index in [-0.39, 0.29) is 5.78 Å². The molecule has 0 N–H and O–H groups in total. The first-order valence-corrected chi connectivity index (χ1v) is 14.5. The molecular weight excluding hydrogens is 545 g/mol. The molecule has 2 aromatic carbocycles. The molecule has 0 saturated carbocycles. The maximum absolute atomic E-state index is 13.7. The third-order valence-corrected chi connectivity index (χ3v) is 8.67. The van der Waals surface area contributed by atoms with Gasteiger partial charge in [0.1, 0.15) is 5.69 Å². The summed E-state index contributed by atoms with van der Waals surface area (Å²) in [6.07, 6.45) is 0.990. The SMILES string of the molecule is COCCCC(=O)c1c(-c2cccc(C)c2)c(C)nn1-c1nc(-c2ccc(Cl)c(Cl)c2)c(SC(C)C)s1. The van der Waals surface area contributed by atoms with Crippen LogP contribution in [0.15, 0.2) is 46.7 Å². The molecule has 37 heavy (non-hydrogen) atoms. The molecule has 0 atom stereocenters. The predicted molar refractivity (Wildman–Crippen MR) is 156 cm³/mol. The lowest BCUT2D eigenvalue weighted by Crippen LogP contribution is -2.11. The summed E-state index contributed by atoms with van der Waals surface area (Å²) in [5.74, 6) is 0.0125. The van der Waals surface area contributed by atoms with Crippen LogP contribution in [-0.4, -0.2) is 39.5 Å². The Hall–Kier alpha value is -2.16.